The molecule has 18 heavy (non-hydrogen) atoms. The van der Waals surface area contributed by atoms with Gasteiger partial charge in [-0.05, 0) is 24.5 Å². The summed E-state index contributed by atoms with van der Waals surface area (Å²) in [4.78, 5) is 4.01. The lowest BCUT2D eigenvalue weighted by Crippen LogP contribution is -1.98. The Morgan fingerprint density at radius 3 is 2.67 bits per heavy atom. The van der Waals surface area contributed by atoms with Gasteiger partial charge in [-0.15, -0.1) is 0 Å². The molecule has 0 aliphatic rings. The lowest BCUT2D eigenvalue weighted by Gasteiger charge is -2.05. The first kappa shape index (κ1) is 13.1. The van der Waals surface area contributed by atoms with Crippen LogP contribution in [0.15, 0.2) is 48.7 Å². The summed E-state index contributed by atoms with van der Waals surface area (Å²) >= 11 is 5.94. The number of benzene rings is 1. The fourth-order valence-electron chi connectivity index (χ4n) is 1.73. The third kappa shape index (κ3) is 4.13. The second kappa shape index (κ2) is 7.14. The number of hydrogen-bond acceptors (Lipinski definition) is 2. The predicted octanol–water partition coefficient (Wildman–Crippen LogP) is 3.88. The normalized spacial score (nSPS) is 10.5. The third-order valence-electron chi connectivity index (χ3n) is 2.69. The van der Waals surface area contributed by atoms with Crippen LogP contribution < -0.4 is 0 Å². The van der Waals surface area contributed by atoms with Crippen LogP contribution in [0.3, 0.4) is 0 Å². The van der Waals surface area contributed by atoms with E-state index < -0.39 is 0 Å². The fraction of sp³-hybridized carbons (Fsp3) is 0.267. The second-order valence-electron chi connectivity index (χ2n) is 4.10. The first-order chi connectivity index (χ1) is 8.86. The van der Waals surface area contributed by atoms with Crippen molar-refractivity contribution in [3.63, 3.8) is 0 Å². The van der Waals surface area contributed by atoms with Crippen LogP contribution in [-0.4, -0.2) is 11.6 Å². The van der Waals surface area contributed by atoms with Crippen molar-refractivity contribution in [1.82, 2.24) is 4.98 Å². The van der Waals surface area contributed by atoms with Gasteiger partial charge < -0.3 is 4.74 Å². The molecular formula is C15H16ClNO. The molecule has 0 spiro atoms. The summed E-state index contributed by atoms with van der Waals surface area (Å²) in [5.74, 6) is 0. The van der Waals surface area contributed by atoms with E-state index in [2.05, 4.69) is 29.2 Å². The number of nitrogens with zero attached hydrogens (tertiary/aromatic N) is 1. The molecule has 0 N–H and O–H groups in total. The van der Waals surface area contributed by atoms with Crippen molar-refractivity contribution in [2.75, 3.05) is 6.61 Å². The molecule has 1 aromatic heterocycles. The molecule has 1 heterocycles. The number of halogens is 1. The first-order valence-electron chi connectivity index (χ1n) is 6.07. The van der Waals surface area contributed by atoms with Crippen LogP contribution in [0.5, 0.6) is 0 Å². The Morgan fingerprint density at radius 2 is 1.89 bits per heavy atom. The van der Waals surface area contributed by atoms with Gasteiger partial charge in [0.15, 0.2) is 0 Å². The molecule has 0 aliphatic heterocycles. The molecule has 0 fully saturated rings. The van der Waals surface area contributed by atoms with Crippen molar-refractivity contribution in [1.29, 1.82) is 0 Å². The SMILES string of the molecule is Clc1ncccc1COCCCc1ccccc1. The minimum atomic E-state index is 0.528. The van der Waals surface area contributed by atoms with Gasteiger partial charge in [-0.1, -0.05) is 48.0 Å². The van der Waals surface area contributed by atoms with E-state index in [-0.39, 0.29) is 0 Å². The topological polar surface area (TPSA) is 22.1 Å². The number of ether oxygens (including phenoxy) is 1. The van der Waals surface area contributed by atoms with E-state index in [4.69, 9.17) is 16.3 Å². The standard InChI is InChI=1S/C15H16ClNO/c16-15-14(9-4-10-17-15)12-18-11-5-8-13-6-2-1-3-7-13/h1-4,6-7,9-10H,5,8,11-12H2. The van der Waals surface area contributed by atoms with Crippen LogP contribution in [0.25, 0.3) is 0 Å². The molecule has 0 unspecified atom stereocenters. The van der Waals surface area contributed by atoms with Gasteiger partial charge in [-0.2, -0.15) is 0 Å². The molecule has 1 aromatic carbocycles. The molecule has 3 heteroatoms. The van der Waals surface area contributed by atoms with Crippen molar-refractivity contribution in [2.24, 2.45) is 0 Å². The van der Waals surface area contributed by atoms with Crippen molar-refractivity contribution in [3.05, 3.63) is 64.9 Å². The zero-order valence-corrected chi connectivity index (χ0v) is 10.9. The van der Waals surface area contributed by atoms with E-state index >= 15 is 0 Å². The van der Waals surface area contributed by atoms with Gasteiger partial charge >= 0.3 is 0 Å². The first-order valence-corrected chi connectivity index (χ1v) is 6.45. The van der Waals surface area contributed by atoms with Crippen LogP contribution in [0.2, 0.25) is 5.15 Å². The van der Waals surface area contributed by atoms with Crippen LogP contribution >= 0.6 is 11.6 Å². The van der Waals surface area contributed by atoms with E-state index in [1.807, 2.05) is 18.2 Å². The lowest BCUT2D eigenvalue weighted by molar-refractivity contribution is 0.118. The summed E-state index contributed by atoms with van der Waals surface area (Å²) in [6.45, 7) is 1.27. The maximum absolute atomic E-state index is 5.94. The Kier molecular flexibility index (Phi) is 5.18. The van der Waals surface area contributed by atoms with Crippen LogP contribution in [-0.2, 0) is 17.8 Å². The molecule has 2 rings (SSSR count). The van der Waals surface area contributed by atoms with Crippen molar-refractivity contribution in [2.45, 2.75) is 19.4 Å². The summed E-state index contributed by atoms with van der Waals surface area (Å²) in [6, 6.07) is 14.2. The Morgan fingerprint density at radius 1 is 1.06 bits per heavy atom. The summed E-state index contributed by atoms with van der Waals surface area (Å²) in [5.41, 5.74) is 2.29. The molecule has 0 amide bonds. The zero-order valence-electron chi connectivity index (χ0n) is 10.2. The van der Waals surface area contributed by atoms with Crippen LogP contribution in [0, 0.1) is 0 Å². The van der Waals surface area contributed by atoms with E-state index in [1.165, 1.54) is 5.56 Å². The molecule has 0 atom stereocenters. The van der Waals surface area contributed by atoms with E-state index in [9.17, 15) is 0 Å². The summed E-state index contributed by atoms with van der Waals surface area (Å²) in [7, 11) is 0. The smallest absolute Gasteiger partial charge is 0.134 e. The highest BCUT2D eigenvalue weighted by molar-refractivity contribution is 6.30. The molecule has 0 saturated heterocycles. The molecule has 2 nitrogen and oxygen atoms in total. The molecule has 0 bridgehead atoms. The van der Waals surface area contributed by atoms with Gasteiger partial charge in [-0.3, -0.25) is 0 Å². The molecule has 94 valence electrons. The molecule has 2 aromatic rings. The third-order valence-corrected chi connectivity index (χ3v) is 3.03. The van der Waals surface area contributed by atoms with Gasteiger partial charge in [0.1, 0.15) is 5.15 Å². The number of rotatable bonds is 6. The van der Waals surface area contributed by atoms with Crippen molar-refractivity contribution >= 4 is 11.6 Å². The van der Waals surface area contributed by atoms with Crippen LogP contribution in [0.1, 0.15) is 17.5 Å². The Bertz CT molecular complexity index is 473. The van der Waals surface area contributed by atoms with Crippen LogP contribution in [0.4, 0.5) is 0 Å². The fourth-order valence-corrected chi connectivity index (χ4v) is 1.91. The van der Waals surface area contributed by atoms with Gasteiger partial charge in [0.25, 0.3) is 0 Å². The number of aromatic nitrogens is 1. The number of pyridine rings is 1. The minimum Gasteiger partial charge on any atom is -0.377 e. The zero-order chi connectivity index (χ0) is 12.6. The average molecular weight is 262 g/mol. The highest BCUT2D eigenvalue weighted by atomic mass is 35.5. The lowest BCUT2D eigenvalue weighted by atomic mass is 10.1. The molecule has 0 radical (unpaired) electrons. The molecular weight excluding hydrogens is 246 g/mol. The van der Waals surface area contributed by atoms with E-state index in [1.54, 1.807) is 6.20 Å². The monoisotopic (exact) mass is 261 g/mol. The summed E-state index contributed by atoms with van der Waals surface area (Å²) in [6.07, 6.45) is 3.74. The summed E-state index contributed by atoms with van der Waals surface area (Å²) < 4.78 is 5.60. The van der Waals surface area contributed by atoms with Gasteiger partial charge in [-0.25, -0.2) is 4.98 Å². The molecule has 0 saturated carbocycles. The van der Waals surface area contributed by atoms with E-state index in [0.29, 0.717) is 11.8 Å². The maximum atomic E-state index is 5.94. The highest BCUT2D eigenvalue weighted by Gasteiger charge is 2.00. The second-order valence-corrected chi connectivity index (χ2v) is 4.45. The number of hydrogen-bond donors (Lipinski definition) is 0. The van der Waals surface area contributed by atoms with Gasteiger partial charge in [0, 0.05) is 18.4 Å². The van der Waals surface area contributed by atoms with E-state index in [0.717, 1.165) is 25.0 Å². The highest BCUT2D eigenvalue weighted by Crippen LogP contribution is 2.12. The van der Waals surface area contributed by atoms with Gasteiger partial charge in [0.05, 0.1) is 6.61 Å². The Hall–Kier alpha value is -1.38. The Labute approximate surface area is 113 Å². The minimum absolute atomic E-state index is 0.528. The average Bonchev–Trinajstić information content (AvgIpc) is 2.42. The molecule has 0 aliphatic carbocycles. The quantitative estimate of drug-likeness (QED) is 0.581. The Balaban J connectivity index is 1.66. The summed E-state index contributed by atoms with van der Waals surface area (Å²) in [5, 5.41) is 0.528. The maximum Gasteiger partial charge on any atom is 0.134 e. The largest absolute Gasteiger partial charge is 0.377 e. The number of aryl methyl sites for hydroxylation is 1. The van der Waals surface area contributed by atoms with Crippen molar-refractivity contribution < 1.29 is 4.74 Å². The predicted molar refractivity (Wildman–Crippen MR) is 73.7 cm³/mol. The van der Waals surface area contributed by atoms with Gasteiger partial charge in [0.2, 0.25) is 0 Å². The van der Waals surface area contributed by atoms with Crippen molar-refractivity contribution in [3.8, 4) is 0 Å².